The summed E-state index contributed by atoms with van der Waals surface area (Å²) in [5, 5.41) is 3.12. The third-order valence-electron chi connectivity index (χ3n) is 3.91. The average Bonchev–Trinajstić information content (AvgIpc) is 2.56. The molecular formula is C18H21ClN2OS. The monoisotopic (exact) mass is 348 g/mol. The van der Waals surface area contributed by atoms with Crippen molar-refractivity contribution in [3.63, 3.8) is 0 Å². The molecule has 0 aliphatic carbocycles. The maximum absolute atomic E-state index is 12.4. The van der Waals surface area contributed by atoms with Crippen molar-refractivity contribution in [1.29, 1.82) is 0 Å². The molecule has 1 heterocycles. The van der Waals surface area contributed by atoms with E-state index in [9.17, 15) is 4.79 Å². The Bertz CT molecular complexity index is 650. The summed E-state index contributed by atoms with van der Waals surface area (Å²) in [5.41, 5.74) is 8.36. The second kappa shape index (κ2) is 8.39. The number of halogens is 1. The van der Waals surface area contributed by atoms with Gasteiger partial charge in [0.05, 0.1) is 12.1 Å². The lowest BCUT2D eigenvalue weighted by molar-refractivity contribution is -0.123. The van der Waals surface area contributed by atoms with Gasteiger partial charge in [-0.05, 0) is 30.0 Å². The summed E-state index contributed by atoms with van der Waals surface area (Å²) < 4.78 is 0. The molecule has 122 valence electrons. The molecule has 2 atom stereocenters. The fraction of sp³-hybridized carbons (Fsp3) is 0.278. The minimum absolute atomic E-state index is 0. The first-order chi connectivity index (χ1) is 10.7. The van der Waals surface area contributed by atoms with Crippen LogP contribution in [0.15, 0.2) is 59.5 Å². The van der Waals surface area contributed by atoms with E-state index in [2.05, 4.69) is 17.4 Å². The Balaban J connectivity index is 0.00000192. The molecule has 3 nitrogen and oxygen atoms in total. The number of rotatable bonds is 4. The van der Waals surface area contributed by atoms with Crippen LogP contribution in [0.2, 0.25) is 0 Å². The van der Waals surface area contributed by atoms with Crippen molar-refractivity contribution in [2.75, 3.05) is 5.75 Å². The van der Waals surface area contributed by atoms with Gasteiger partial charge in [-0.25, -0.2) is 0 Å². The lowest BCUT2D eigenvalue weighted by Crippen LogP contribution is -2.44. The van der Waals surface area contributed by atoms with E-state index < -0.39 is 6.04 Å². The minimum atomic E-state index is -0.510. The lowest BCUT2D eigenvalue weighted by Gasteiger charge is -2.27. The molecule has 1 amide bonds. The van der Waals surface area contributed by atoms with Crippen LogP contribution in [-0.2, 0) is 11.2 Å². The zero-order valence-electron chi connectivity index (χ0n) is 12.8. The van der Waals surface area contributed by atoms with Crippen LogP contribution in [-0.4, -0.2) is 17.7 Å². The standard InChI is InChI=1S/C18H20N2OS.ClH/c19-15(12-13-6-2-1-3-7-13)18(21)20-16-10-11-22-17-9-5-4-8-14(16)17;/h1-9,15-16H,10-12,19H2,(H,20,21);1H/t15-,16?;/m0./s1. The molecule has 2 aromatic carbocycles. The van der Waals surface area contributed by atoms with Gasteiger partial charge >= 0.3 is 0 Å². The van der Waals surface area contributed by atoms with Gasteiger partial charge in [0, 0.05) is 10.6 Å². The fourth-order valence-corrected chi connectivity index (χ4v) is 3.86. The fourth-order valence-electron chi connectivity index (χ4n) is 2.73. The number of amides is 1. The van der Waals surface area contributed by atoms with E-state index in [4.69, 9.17) is 5.73 Å². The molecule has 3 rings (SSSR count). The molecule has 1 aliphatic rings. The maximum atomic E-state index is 12.4. The maximum Gasteiger partial charge on any atom is 0.237 e. The van der Waals surface area contributed by atoms with Crippen LogP contribution in [0.3, 0.4) is 0 Å². The zero-order chi connectivity index (χ0) is 15.4. The molecule has 5 heteroatoms. The van der Waals surface area contributed by atoms with Crippen LogP contribution in [0.4, 0.5) is 0 Å². The minimum Gasteiger partial charge on any atom is -0.348 e. The third kappa shape index (κ3) is 4.50. The number of carbonyl (C=O) groups excluding carboxylic acids is 1. The number of thioether (sulfide) groups is 1. The highest BCUT2D eigenvalue weighted by atomic mass is 35.5. The van der Waals surface area contributed by atoms with Crippen LogP contribution in [0.5, 0.6) is 0 Å². The molecule has 0 radical (unpaired) electrons. The number of hydrogen-bond donors (Lipinski definition) is 2. The van der Waals surface area contributed by atoms with E-state index in [0.29, 0.717) is 6.42 Å². The summed E-state index contributed by atoms with van der Waals surface area (Å²) >= 11 is 1.85. The van der Waals surface area contributed by atoms with Gasteiger partial charge < -0.3 is 11.1 Å². The smallest absolute Gasteiger partial charge is 0.237 e. The summed E-state index contributed by atoms with van der Waals surface area (Å²) in [7, 11) is 0. The van der Waals surface area contributed by atoms with Gasteiger partial charge in [0.2, 0.25) is 5.91 Å². The number of benzene rings is 2. The summed E-state index contributed by atoms with van der Waals surface area (Å²) in [5.74, 6) is 0.950. The highest BCUT2D eigenvalue weighted by Gasteiger charge is 2.24. The van der Waals surface area contributed by atoms with Crippen molar-refractivity contribution < 1.29 is 4.79 Å². The molecule has 0 saturated carbocycles. The van der Waals surface area contributed by atoms with E-state index in [1.54, 1.807) is 0 Å². The lowest BCUT2D eigenvalue weighted by atomic mass is 10.0. The molecule has 0 saturated heterocycles. The predicted octanol–water partition coefficient (Wildman–Crippen LogP) is 3.33. The van der Waals surface area contributed by atoms with Crippen molar-refractivity contribution >= 4 is 30.1 Å². The zero-order valence-corrected chi connectivity index (χ0v) is 14.4. The Morgan fingerprint density at radius 3 is 2.65 bits per heavy atom. The Hall–Kier alpha value is -1.49. The second-order valence-corrected chi connectivity index (χ2v) is 6.67. The Kier molecular flexibility index (Phi) is 6.51. The first kappa shape index (κ1) is 17.9. The number of fused-ring (bicyclic) bond motifs is 1. The molecule has 1 aliphatic heterocycles. The molecule has 0 bridgehead atoms. The van der Waals surface area contributed by atoms with Crippen LogP contribution < -0.4 is 11.1 Å². The van der Waals surface area contributed by atoms with Gasteiger partial charge in [0.25, 0.3) is 0 Å². The first-order valence-electron chi connectivity index (χ1n) is 7.55. The average molecular weight is 349 g/mol. The Morgan fingerprint density at radius 2 is 1.87 bits per heavy atom. The summed E-state index contributed by atoms with van der Waals surface area (Å²) in [6.07, 6.45) is 1.52. The van der Waals surface area contributed by atoms with E-state index in [1.807, 2.05) is 54.2 Å². The summed E-state index contributed by atoms with van der Waals surface area (Å²) in [6.45, 7) is 0. The van der Waals surface area contributed by atoms with E-state index in [1.165, 1.54) is 10.5 Å². The van der Waals surface area contributed by atoms with Crippen LogP contribution >= 0.6 is 24.2 Å². The largest absolute Gasteiger partial charge is 0.348 e. The van der Waals surface area contributed by atoms with Gasteiger partial charge in [-0.2, -0.15) is 0 Å². The first-order valence-corrected chi connectivity index (χ1v) is 8.54. The van der Waals surface area contributed by atoms with Crippen molar-refractivity contribution in [3.8, 4) is 0 Å². The second-order valence-electron chi connectivity index (χ2n) is 5.53. The number of hydrogen-bond acceptors (Lipinski definition) is 3. The van der Waals surface area contributed by atoms with E-state index >= 15 is 0 Å². The van der Waals surface area contributed by atoms with Crippen molar-refractivity contribution in [2.45, 2.75) is 29.8 Å². The van der Waals surface area contributed by atoms with Crippen LogP contribution in [0.1, 0.15) is 23.6 Å². The molecule has 0 spiro atoms. The molecule has 2 aromatic rings. The Morgan fingerprint density at radius 1 is 1.17 bits per heavy atom. The van der Waals surface area contributed by atoms with E-state index in [0.717, 1.165) is 17.7 Å². The van der Waals surface area contributed by atoms with Gasteiger partial charge in [0.15, 0.2) is 0 Å². The number of nitrogens with one attached hydrogen (secondary N) is 1. The molecule has 3 N–H and O–H groups in total. The van der Waals surface area contributed by atoms with Gasteiger partial charge in [-0.15, -0.1) is 24.2 Å². The van der Waals surface area contributed by atoms with Crippen molar-refractivity contribution in [1.82, 2.24) is 5.32 Å². The molecule has 23 heavy (non-hydrogen) atoms. The molecule has 1 unspecified atom stereocenters. The van der Waals surface area contributed by atoms with Gasteiger partial charge in [0.1, 0.15) is 0 Å². The normalized spacial score (nSPS) is 17.5. The highest BCUT2D eigenvalue weighted by molar-refractivity contribution is 7.99. The van der Waals surface area contributed by atoms with Crippen LogP contribution in [0.25, 0.3) is 0 Å². The highest BCUT2D eigenvalue weighted by Crippen LogP contribution is 2.35. The third-order valence-corrected chi connectivity index (χ3v) is 5.03. The number of carbonyl (C=O) groups is 1. The van der Waals surface area contributed by atoms with Crippen molar-refractivity contribution in [2.24, 2.45) is 5.73 Å². The molecular weight excluding hydrogens is 328 g/mol. The molecule has 0 aromatic heterocycles. The van der Waals surface area contributed by atoms with Gasteiger partial charge in [-0.1, -0.05) is 48.5 Å². The topological polar surface area (TPSA) is 55.1 Å². The van der Waals surface area contributed by atoms with E-state index in [-0.39, 0.29) is 24.4 Å². The van der Waals surface area contributed by atoms with Crippen molar-refractivity contribution in [3.05, 3.63) is 65.7 Å². The Labute approximate surface area is 147 Å². The number of nitrogens with two attached hydrogens (primary N) is 1. The summed E-state index contributed by atoms with van der Waals surface area (Å²) in [6, 6.07) is 17.7. The summed E-state index contributed by atoms with van der Waals surface area (Å²) in [4.78, 5) is 13.6. The quantitative estimate of drug-likeness (QED) is 0.891. The predicted molar refractivity (Wildman–Crippen MR) is 98.0 cm³/mol. The van der Waals surface area contributed by atoms with Crippen LogP contribution in [0, 0.1) is 0 Å². The van der Waals surface area contributed by atoms with Gasteiger partial charge in [-0.3, -0.25) is 4.79 Å². The SMILES string of the molecule is Cl.N[C@@H](Cc1ccccc1)C(=O)NC1CCSc2ccccc21. The molecule has 0 fully saturated rings.